The number of pyridine rings is 1. The summed E-state index contributed by atoms with van der Waals surface area (Å²) in [7, 11) is 0. The average Bonchev–Trinajstić information content (AvgIpc) is 2.63. The van der Waals surface area contributed by atoms with Crippen LogP contribution in [-0.4, -0.2) is 15.2 Å². The molecule has 0 atom stereocenters. The van der Waals surface area contributed by atoms with E-state index in [9.17, 15) is 8.78 Å². The van der Waals surface area contributed by atoms with Gasteiger partial charge in [-0.2, -0.15) is 5.10 Å². The molecule has 2 aromatic heterocycles. The molecule has 0 aliphatic carbocycles. The fraction of sp³-hybridized carbons (Fsp3) is 0.200. The van der Waals surface area contributed by atoms with Crippen LogP contribution in [0.5, 0.6) is 0 Å². The van der Waals surface area contributed by atoms with Crippen molar-refractivity contribution in [3.05, 3.63) is 41.4 Å². The van der Waals surface area contributed by atoms with E-state index in [2.05, 4.69) is 20.5 Å². The highest BCUT2D eigenvalue weighted by Crippen LogP contribution is 2.13. The molecule has 6 heteroatoms. The summed E-state index contributed by atoms with van der Waals surface area (Å²) in [6, 6.07) is 0.789. The molecule has 0 unspecified atom stereocenters. The smallest absolute Gasteiger partial charge is 0.168 e. The Balaban J connectivity index is 2.08. The van der Waals surface area contributed by atoms with Gasteiger partial charge in [0.15, 0.2) is 11.6 Å². The summed E-state index contributed by atoms with van der Waals surface area (Å²) in [6.45, 7) is 2.25. The fourth-order valence-corrected chi connectivity index (χ4v) is 1.28. The molecular formula is C10H10F2N4. The van der Waals surface area contributed by atoms with Gasteiger partial charge in [0.2, 0.25) is 0 Å². The van der Waals surface area contributed by atoms with E-state index in [0.717, 1.165) is 23.5 Å². The maximum Gasteiger partial charge on any atom is 0.168 e. The number of aromatic amines is 1. The summed E-state index contributed by atoms with van der Waals surface area (Å²) < 4.78 is 25.8. The molecule has 0 aliphatic rings. The molecule has 4 nitrogen and oxygen atoms in total. The number of hydrogen-bond acceptors (Lipinski definition) is 3. The lowest BCUT2D eigenvalue weighted by atomic mass is 10.2. The minimum Gasteiger partial charge on any atom is -0.363 e. The lowest BCUT2D eigenvalue weighted by Crippen LogP contribution is -2.04. The van der Waals surface area contributed by atoms with Crippen LogP contribution in [0.15, 0.2) is 18.5 Å². The number of nitrogens with one attached hydrogen (secondary N) is 2. The molecule has 2 heterocycles. The molecule has 0 amide bonds. The zero-order valence-corrected chi connectivity index (χ0v) is 8.59. The van der Waals surface area contributed by atoms with Crippen LogP contribution in [0.1, 0.15) is 11.3 Å². The van der Waals surface area contributed by atoms with Crippen molar-refractivity contribution in [3.8, 4) is 0 Å². The summed E-state index contributed by atoms with van der Waals surface area (Å²) in [5.41, 5.74) is 1.81. The molecule has 0 fully saturated rings. The van der Waals surface area contributed by atoms with Gasteiger partial charge in [0.25, 0.3) is 0 Å². The molecule has 0 saturated heterocycles. The molecule has 2 rings (SSSR count). The topological polar surface area (TPSA) is 53.6 Å². The van der Waals surface area contributed by atoms with E-state index in [4.69, 9.17) is 0 Å². The SMILES string of the molecule is Cc1[nH]ncc1CNc1ncc(F)cc1F. The Morgan fingerprint density at radius 3 is 2.81 bits per heavy atom. The highest BCUT2D eigenvalue weighted by Gasteiger charge is 2.06. The van der Waals surface area contributed by atoms with E-state index in [-0.39, 0.29) is 5.82 Å². The molecule has 0 spiro atoms. The summed E-state index contributed by atoms with van der Waals surface area (Å²) in [5.74, 6) is -1.37. The molecule has 0 aliphatic heterocycles. The van der Waals surface area contributed by atoms with Crippen LogP contribution in [0.4, 0.5) is 14.6 Å². The normalized spacial score (nSPS) is 10.4. The van der Waals surface area contributed by atoms with Crippen LogP contribution in [0.25, 0.3) is 0 Å². The largest absolute Gasteiger partial charge is 0.363 e. The first kappa shape index (κ1) is 10.5. The van der Waals surface area contributed by atoms with E-state index in [0.29, 0.717) is 6.54 Å². The summed E-state index contributed by atoms with van der Waals surface area (Å²) in [5, 5.41) is 9.37. The number of nitrogens with zero attached hydrogens (tertiary/aromatic N) is 2. The second-order valence-corrected chi connectivity index (χ2v) is 3.36. The van der Waals surface area contributed by atoms with E-state index in [1.165, 1.54) is 0 Å². The van der Waals surface area contributed by atoms with Crippen molar-refractivity contribution in [1.82, 2.24) is 15.2 Å². The Labute approximate surface area is 90.7 Å². The third-order valence-corrected chi connectivity index (χ3v) is 2.19. The molecule has 0 saturated carbocycles. The van der Waals surface area contributed by atoms with Gasteiger partial charge in [-0.05, 0) is 6.92 Å². The maximum atomic E-state index is 13.2. The molecule has 16 heavy (non-hydrogen) atoms. The van der Waals surface area contributed by atoms with Crippen LogP contribution < -0.4 is 5.32 Å². The Morgan fingerprint density at radius 1 is 1.38 bits per heavy atom. The number of aryl methyl sites for hydroxylation is 1. The predicted molar refractivity (Wildman–Crippen MR) is 54.8 cm³/mol. The lowest BCUT2D eigenvalue weighted by molar-refractivity contribution is 0.575. The maximum absolute atomic E-state index is 13.2. The van der Waals surface area contributed by atoms with Crippen molar-refractivity contribution < 1.29 is 8.78 Å². The summed E-state index contributed by atoms with van der Waals surface area (Å²) in [4.78, 5) is 3.62. The molecule has 84 valence electrons. The molecule has 2 aromatic rings. The standard InChI is InChI=1S/C10H10F2N4/c1-6-7(4-15-16-6)3-13-10-9(12)2-8(11)5-14-10/h2,4-5H,3H2,1H3,(H,13,14)(H,15,16). The van der Waals surface area contributed by atoms with Crippen molar-refractivity contribution in [3.63, 3.8) is 0 Å². The van der Waals surface area contributed by atoms with Gasteiger partial charge in [0.1, 0.15) is 5.82 Å². The van der Waals surface area contributed by atoms with Crippen molar-refractivity contribution in [2.24, 2.45) is 0 Å². The van der Waals surface area contributed by atoms with Gasteiger partial charge in [0.05, 0.1) is 12.4 Å². The third kappa shape index (κ3) is 2.16. The Hall–Kier alpha value is -1.98. The highest BCUT2D eigenvalue weighted by atomic mass is 19.1. The molecule has 0 aromatic carbocycles. The van der Waals surface area contributed by atoms with Crippen molar-refractivity contribution >= 4 is 5.82 Å². The summed E-state index contributed by atoms with van der Waals surface area (Å²) in [6.07, 6.45) is 2.61. The Kier molecular flexibility index (Phi) is 2.80. The third-order valence-electron chi connectivity index (χ3n) is 2.19. The van der Waals surface area contributed by atoms with E-state index in [1.807, 2.05) is 6.92 Å². The monoisotopic (exact) mass is 224 g/mol. The Morgan fingerprint density at radius 2 is 2.19 bits per heavy atom. The number of H-pyrrole nitrogens is 1. The molecule has 0 radical (unpaired) electrons. The first-order valence-corrected chi connectivity index (χ1v) is 4.70. The van der Waals surface area contributed by atoms with Gasteiger partial charge in [-0.1, -0.05) is 0 Å². The van der Waals surface area contributed by atoms with Crippen molar-refractivity contribution in [2.45, 2.75) is 13.5 Å². The zero-order valence-electron chi connectivity index (χ0n) is 8.59. The first-order valence-electron chi connectivity index (χ1n) is 4.70. The highest BCUT2D eigenvalue weighted by molar-refractivity contribution is 5.37. The van der Waals surface area contributed by atoms with Crippen molar-refractivity contribution in [2.75, 3.05) is 5.32 Å². The van der Waals surface area contributed by atoms with Crippen LogP contribution in [0.2, 0.25) is 0 Å². The minimum atomic E-state index is -0.707. The van der Waals surface area contributed by atoms with Crippen LogP contribution in [0, 0.1) is 18.6 Å². The quantitative estimate of drug-likeness (QED) is 0.838. The summed E-state index contributed by atoms with van der Waals surface area (Å²) >= 11 is 0. The number of anilines is 1. The van der Waals surface area contributed by atoms with Gasteiger partial charge in [-0.15, -0.1) is 0 Å². The van der Waals surface area contributed by atoms with E-state index >= 15 is 0 Å². The number of halogens is 2. The number of rotatable bonds is 3. The second kappa shape index (κ2) is 4.26. The fourth-order valence-electron chi connectivity index (χ4n) is 1.28. The first-order chi connectivity index (χ1) is 7.66. The van der Waals surface area contributed by atoms with E-state index in [1.54, 1.807) is 6.20 Å². The van der Waals surface area contributed by atoms with Gasteiger partial charge < -0.3 is 5.32 Å². The number of hydrogen-bond donors (Lipinski definition) is 2. The lowest BCUT2D eigenvalue weighted by Gasteiger charge is -2.05. The second-order valence-electron chi connectivity index (χ2n) is 3.36. The van der Waals surface area contributed by atoms with Crippen LogP contribution in [0.3, 0.4) is 0 Å². The number of aromatic nitrogens is 3. The van der Waals surface area contributed by atoms with Crippen LogP contribution >= 0.6 is 0 Å². The van der Waals surface area contributed by atoms with E-state index < -0.39 is 11.6 Å². The molecule has 2 N–H and O–H groups in total. The zero-order chi connectivity index (χ0) is 11.5. The molecular weight excluding hydrogens is 214 g/mol. The van der Waals surface area contributed by atoms with Crippen LogP contribution in [-0.2, 0) is 6.54 Å². The van der Waals surface area contributed by atoms with Gasteiger partial charge >= 0.3 is 0 Å². The van der Waals surface area contributed by atoms with Gasteiger partial charge in [0, 0.05) is 23.9 Å². The van der Waals surface area contributed by atoms with Gasteiger partial charge in [-0.3, -0.25) is 5.10 Å². The Bertz CT molecular complexity index is 495. The minimum absolute atomic E-state index is 0.0296. The average molecular weight is 224 g/mol. The predicted octanol–water partition coefficient (Wildman–Crippen LogP) is 2.00. The van der Waals surface area contributed by atoms with Gasteiger partial charge in [-0.25, -0.2) is 13.8 Å². The molecule has 0 bridgehead atoms. The van der Waals surface area contributed by atoms with Crippen molar-refractivity contribution in [1.29, 1.82) is 0 Å².